The molecule has 2 aliphatic rings. The number of hydrogen-bond acceptors (Lipinski definition) is 3. The van der Waals surface area contributed by atoms with E-state index in [-0.39, 0.29) is 5.54 Å². The van der Waals surface area contributed by atoms with E-state index >= 15 is 0 Å². The third-order valence-electron chi connectivity index (χ3n) is 4.84. The molecule has 1 saturated heterocycles. The van der Waals surface area contributed by atoms with Crippen LogP contribution in [-0.2, 0) is 0 Å². The normalized spacial score (nSPS) is 22.6. The zero-order valence-electron chi connectivity index (χ0n) is 12.0. The SMILES string of the molecule is NC1(CCN2CCN(c3ccccc3Cl)CC2)CCC1. The lowest BCUT2D eigenvalue weighted by molar-refractivity contribution is 0.176. The summed E-state index contributed by atoms with van der Waals surface area (Å²) in [4.78, 5) is 4.93. The van der Waals surface area contributed by atoms with E-state index in [2.05, 4.69) is 21.9 Å². The maximum Gasteiger partial charge on any atom is 0.0639 e. The average molecular weight is 294 g/mol. The second kappa shape index (κ2) is 5.92. The van der Waals surface area contributed by atoms with E-state index in [1.54, 1.807) is 0 Å². The van der Waals surface area contributed by atoms with Crippen molar-refractivity contribution in [3.63, 3.8) is 0 Å². The Morgan fingerprint density at radius 2 is 1.80 bits per heavy atom. The zero-order chi connectivity index (χ0) is 14.0. The molecular formula is C16H24ClN3. The number of nitrogens with zero attached hydrogens (tertiary/aromatic N) is 2. The number of hydrogen-bond donors (Lipinski definition) is 1. The maximum absolute atomic E-state index is 6.30. The van der Waals surface area contributed by atoms with Gasteiger partial charge in [0.25, 0.3) is 0 Å². The number of benzene rings is 1. The molecule has 3 nitrogen and oxygen atoms in total. The molecule has 1 aliphatic carbocycles. The molecule has 1 saturated carbocycles. The number of piperazine rings is 1. The van der Waals surface area contributed by atoms with Gasteiger partial charge in [0.1, 0.15) is 0 Å². The summed E-state index contributed by atoms with van der Waals surface area (Å²) in [7, 11) is 0. The number of rotatable bonds is 4. The van der Waals surface area contributed by atoms with Crippen molar-refractivity contribution in [3.8, 4) is 0 Å². The first-order valence-corrected chi connectivity index (χ1v) is 8.05. The van der Waals surface area contributed by atoms with E-state index < -0.39 is 0 Å². The Bertz CT molecular complexity index is 451. The fraction of sp³-hybridized carbons (Fsp3) is 0.625. The van der Waals surface area contributed by atoms with Crippen LogP contribution in [0.5, 0.6) is 0 Å². The van der Waals surface area contributed by atoms with Gasteiger partial charge < -0.3 is 10.6 Å². The van der Waals surface area contributed by atoms with Crippen molar-refractivity contribution in [1.29, 1.82) is 0 Å². The van der Waals surface area contributed by atoms with Crippen LogP contribution in [0.2, 0.25) is 5.02 Å². The molecule has 2 fully saturated rings. The summed E-state index contributed by atoms with van der Waals surface area (Å²) < 4.78 is 0. The highest BCUT2D eigenvalue weighted by Gasteiger charge is 2.32. The van der Waals surface area contributed by atoms with E-state index in [0.29, 0.717) is 0 Å². The molecule has 110 valence electrons. The van der Waals surface area contributed by atoms with Crippen LogP contribution < -0.4 is 10.6 Å². The van der Waals surface area contributed by atoms with Gasteiger partial charge in [-0.15, -0.1) is 0 Å². The van der Waals surface area contributed by atoms with Crippen LogP contribution in [0.3, 0.4) is 0 Å². The molecule has 1 heterocycles. The first-order chi connectivity index (χ1) is 9.66. The van der Waals surface area contributed by atoms with Gasteiger partial charge in [0.2, 0.25) is 0 Å². The van der Waals surface area contributed by atoms with Gasteiger partial charge in [-0.2, -0.15) is 0 Å². The predicted octanol–water partition coefficient (Wildman–Crippen LogP) is 2.73. The van der Waals surface area contributed by atoms with E-state index in [1.807, 2.05) is 12.1 Å². The van der Waals surface area contributed by atoms with Gasteiger partial charge in [0.15, 0.2) is 0 Å². The van der Waals surface area contributed by atoms with Gasteiger partial charge in [-0.3, -0.25) is 4.90 Å². The maximum atomic E-state index is 6.30. The van der Waals surface area contributed by atoms with Crippen LogP contribution in [0.4, 0.5) is 5.69 Å². The molecule has 0 amide bonds. The summed E-state index contributed by atoms with van der Waals surface area (Å²) in [5.74, 6) is 0. The van der Waals surface area contributed by atoms with Crippen molar-refractivity contribution >= 4 is 17.3 Å². The Balaban J connectivity index is 1.48. The van der Waals surface area contributed by atoms with E-state index in [1.165, 1.54) is 24.9 Å². The molecule has 1 aliphatic heterocycles. The topological polar surface area (TPSA) is 32.5 Å². The highest BCUT2D eigenvalue weighted by atomic mass is 35.5. The van der Waals surface area contributed by atoms with Crippen LogP contribution >= 0.6 is 11.6 Å². The van der Waals surface area contributed by atoms with Crippen LogP contribution in [0, 0.1) is 0 Å². The van der Waals surface area contributed by atoms with Crippen LogP contribution in [0.1, 0.15) is 25.7 Å². The summed E-state index contributed by atoms with van der Waals surface area (Å²) in [6.07, 6.45) is 4.90. The molecule has 0 radical (unpaired) electrons. The van der Waals surface area contributed by atoms with Gasteiger partial charge in [0, 0.05) is 38.3 Å². The molecule has 0 atom stereocenters. The molecule has 1 aromatic rings. The molecule has 0 unspecified atom stereocenters. The Morgan fingerprint density at radius 3 is 2.40 bits per heavy atom. The van der Waals surface area contributed by atoms with Crippen molar-refractivity contribution in [2.24, 2.45) is 5.73 Å². The second-order valence-electron chi connectivity index (χ2n) is 6.25. The summed E-state index contributed by atoms with van der Waals surface area (Å²) in [5, 5.41) is 0.858. The Morgan fingerprint density at radius 1 is 1.10 bits per heavy atom. The van der Waals surface area contributed by atoms with Crippen molar-refractivity contribution in [3.05, 3.63) is 29.3 Å². The highest BCUT2D eigenvalue weighted by Crippen LogP contribution is 2.32. The molecule has 2 N–H and O–H groups in total. The number of para-hydroxylation sites is 1. The van der Waals surface area contributed by atoms with Crippen LogP contribution in [-0.4, -0.2) is 43.2 Å². The van der Waals surface area contributed by atoms with Gasteiger partial charge in [-0.1, -0.05) is 23.7 Å². The quantitative estimate of drug-likeness (QED) is 0.926. The van der Waals surface area contributed by atoms with Crippen molar-refractivity contribution in [2.75, 3.05) is 37.6 Å². The largest absolute Gasteiger partial charge is 0.368 e. The lowest BCUT2D eigenvalue weighted by Gasteiger charge is -2.41. The number of nitrogens with two attached hydrogens (primary N) is 1. The zero-order valence-corrected chi connectivity index (χ0v) is 12.8. The Kier molecular flexibility index (Phi) is 4.20. The van der Waals surface area contributed by atoms with E-state index in [9.17, 15) is 0 Å². The smallest absolute Gasteiger partial charge is 0.0639 e. The molecular weight excluding hydrogens is 270 g/mol. The van der Waals surface area contributed by atoms with Gasteiger partial charge in [-0.25, -0.2) is 0 Å². The first-order valence-electron chi connectivity index (χ1n) is 7.67. The fourth-order valence-electron chi connectivity index (χ4n) is 3.18. The molecule has 4 heteroatoms. The van der Waals surface area contributed by atoms with Crippen molar-refractivity contribution < 1.29 is 0 Å². The third-order valence-corrected chi connectivity index (χ3v) is 5.16. The highest BCUT2D eigenvalue weighted by molar-refractivity contribution is 6.33. The lowest BCUT2D eigenvalue weighted by atomic mass is 9.75. The minimum absolute atomic E-state index is 0.153. The molecule has 20 heavy (non-hydrogen) atoms. The summed E-state index contributed by atoms with van der Waals surface area (Å²) in [5.41, 5.74) is 7.63. The van der Waals surface area contributed by atoms with Crippen molar-refractivity contribution in [2.45, 2.75) is 31.2 Å². The standard InChI is InChI=1S/C16H24ClN3/c17-14-4-1-2-5-15(14)20-12-10-19(11-13-20)9-8-16(18)6-3-7-16/h1-2,4-5H,3,6-13,18H2. The van der Waals surface area contributed by atoms with Gasteiger partial charge in [-0.05, 0) is 37.8 Å². The number of anilines is 1. The van der Waals surface area contributed by atoms with Crippen LogP contribution in [0.25, 0.3) is 0 Å². The molecule has 0 aromatic heterocycles. The second-order valence-corrected chi connectivity index (χ2v) is 6.65. The fourth-order valence-corrected chi connectivity index (χ4v) is 3.44. The average Bonchev–Trinajstić information content (AvgIpc) is 2.44. The number of halogens is 1. The van der Waals surface area contributed by atoms with Crippen LogP contribution in [0.15, 0.2) is 24.3 Å². The summed E-state index contributed by atoms with van der Waals surface area (Å²) in [6.45, 7) is 5.48. The van der Waals surface area contributed by atoms with Gasteiger partial charge in [0.05, 0.1) is 10.7 Å². The van der Waals surface area contributed by atoms with Crippen molar-refractivity contribution in [1.82, 2.24) is 4.90 Å². The minimum atomic E-state index is 0.153. The molecule has 3 rings (SSSR count). The monoisotopic (exact) mass is 293 g/mol. The molecule has 0 bridgehead atoms. The van der Waals surface area contributed by atoms with Gasteiger partial charge >= 0.3 is 0 Å². The molecule has 0 spiro atoms. The summed E-state index contributed by atoms with van der Waals surface area (Å²) >= 11 is 6.27. The summed E-state index contributed by atoms with van der Waals surface area (Å²) in [6, 6.07) is 8.13. The Hall–Kier alpha value is -0.770. The first kappa shape index (κ1) is 14.2. The predicted molar refractivity (Wildman–Crippen MR) is 85.5 cm³/mol. The Labute approximate surface area is 126 Å². The molecule has 1 aromatic carbocycles. The van der Waals surface area contributed by atoms with E-state index in [4.69, 9.17) is 17.3 Å². The lowest BCUT2D eigenvalue weighted by Crippen LogP contribution is -2.51. The van der Waals surface area contributed by atoms with E-state index in [0.717, 1.165) is 44.2 Å². The minimum Gasteiger partial charge on any atom is -0.368 e. The third kappa shape index (κ3) is 3.11.